The van der Waals surface area contributed by atoms with Crippen molar-refractivity contribution in [2.45, 2.75) is 31.7 Å². The molecule has 2 fully saturated rings. The maximum Gasteiger partial charge on any atom is 0.0673 e. The predicted molar refractivity (Wildman–Crippen MR) is 73.6 cm³/mol. The van der Waals surface area contributed by atoms with E-state index in [1.165, 1.54) is 50.9 Å². The third-order valence-electron chi connectivity index (χ3n) is 5.05. The van der Waals surface area contributed by atoms with Crippen molar-refractivity contribution in [1.82, 2.24) is 10.2 Å². The summed E-state index contributed by atoms with van der Waals surface area (Å²) in [5.41, 5.74) is 1.48. The summed E-state index contributed by atoms with van der Waals surface area (Å²) in [6, 6.07) is 0.759. The van der Waals surface area contributed by atoms with Crippen LogP contribution >= 0.6 is 0 Å². The van der Waals surface area contributed by atoms with E-state index in [1.807, 2.05) is 0 Å². The Labute approximate surface area is 111 Å². The minimum absolute atomic E-state index is 0.759. The fraction of sp³-hybridized carbons (Fsp3) is 0.867. The summed E-state index contributed by atoms with van der Waals surface area (Å²) in [6.45, 7) is 5.67. The van der Waals surface area contributed by atoms with Crippen molar-refractivity contribution < 1.29 is 4.74 Å². The molecule has 0 aromatic rings. The molecule has 0 amide bonds. The Bertz CT molecular complexity index is 316. The highest BCUT2D eigenvalue weighted by Gasteiger charge is 2.39. The van der Waals surface area contributed by atoms with Gasteiger partial charge in [0.25, 0.3) is 0 Å². The summed E-state index contributed by atoms with van der Waals surface area (Å²) >= 11 is 0. The van der Waals surface area contributed by atoms with E-state index >= 15 is 0 Å². The second kappa shape index (κ2) is 5.72. The molecule has 102 valence electrons. The highest BCUT2D eigenvalue weighted by molar-refractivity contribution is 5.08. The zero-order chi connectivity index (χ0) is 12.4. The molecule has 0 bridgehead atoms. The first-order valence-corrected chi connectivity index (χ1v) is 7.49. The Morgan fingerprint density at radius 2 is 2.39 bits per heavy atom. The summed E-state index contributed by atoms with van der Waals surface area (Å²) in [7, 11) is 1.79. The summed E-state index contributed by atoms with van der Waals surface area (Å²) in [5.74, 6) is 1.95. The molecular formula is C15H26N2O. The number of rotatable bonds is 4. The number of nitrogens with one attached hydrogen (secondary N) is 1. The average Bonchev–Trinajstić information content (AvgIpc) is 2.97. The van der Waals surface area contributed by atoms with Gasteiger partial charge in [-0.2, -0.15) is 0 Å². The van der Waals surface area contributed by atoms with Gasteiger partial charge in [-0.15, -0.1) is 0 Å². The molecule has 1 aliphatic carbocycles. The fourth-order valence-corrected chi connectivity index (χ4v) is 4.02. The van der Waals surface area contributed by atoms with Crippen molar-refractivity contribution in [2.75, 3.05) is 39.9 Å². The number of hydrogen-bond acceptors (Lipinski definition) is 3. The molecule has 0 spiro atoms. The number of hydrogen-bond donors (Lipinski definition) is 1. The minimum atomic E-state index is 0.759. The fourth-order valence-electron chi connectivity index (χ4n) is 4.02. The molecule has 18 heavy (non-hydrogen) atoms. The normalized spacial score (nSPS) is 36.7. The molecule has 0 aromatic carbocycles. The maximum atomic E-state index is 5.21. The van der Waals surface area contributed by atoms with Gasteiger partial charge in [0.1, 0.15) is 0 Å². The average molecular weight is 250 g/mol. The zero-order valence-electron chi connectivity index (χ0n) is 11.5. The van der Waals surface area contributed by atoms with E-state index in [4.69, 9.17) is 4.74 Å². The summed E-state index contributed by atoms with van der Waals surface area (Å²) < 4.78 is 5.21. The van der Waals surface area contributed by atoms with Crippen molar-refractivity contribution in [3.05, 3.63) is 11.6 Å². The molecule has 2 aliphatic heterocycles. The van der Waals surface area contributed by atoms with Crippen LogP contribution in [0.25, 0.3) is 0 Å². The Morgan fingerprint density at radius 3 is 3.17 bits per heavy atom. The quantitative estimate of drug-likeness (QED) is 0.768. The lowest BCUT2D eigenvalue weighted by molar-refractivity contribution is 0.203. The van der Waals surface area contributed by atoms with Crippen LogP contribution in [0.4, 0.5) is 0 Å². The van der Waals surface area contributed by atoms with Gasteiger partial charge < -0.3 is 10.1 Å². The Kier molecular flexibility index (Phi) is 4.02. The zero-order valence-corrected chi connectivity index (χ0v) is 11.5. The third-order valence-corrected chi connectivity index (χ3v) is 5.05. The minimum Gasteiger partial charge on any atom is -0.380 e. The van der Waals surface area contributed by atoms with Crippen LogP contribution in [-0.2, 0) is 4.74 Å². The molecule has 3 unspecified atom stereocenters. The van der Waals surface area contributed by atoms with Crippen LogP contribution in [0.2, 0.25) is 0 Å². The highest BCUT2D eigenvalue weighted by Crippen LogP contribution is 2.37. The molecule has 0 aromatic heterocycles. The maximum absolute atomic E-state index is 5.21. The van der Waals surface area contributed by atoms with E-state index in [-0.39, 0.29) is 0 Å². The summed E-state index contributed by atoms with van der Waals surface area (Å²) in [4.78, 5) is 2.61. The van der Waals surface area contributed by atoms with Crippen LogP contribution in [0.3, 0.4) is 0 Å². The smallest absolute Gasteiger partial charge is 0.0673 e. The van der Waals surface area contributed by atoms with Gasteiger partial charge in [-0.25, -0.2) is 0 Å². The second-order valence-electron chi connectivity index (χ2n) is 6.17. The summed E-state index contributed by atoms with van der Waals surface area (Å²) in [6.07, 6.45) is 7.95. The lowest BCUT2D eigenvalue weighted by Crippen LogP contribution is -2.42. The van der Waals surface area contributed by atoms with Gasteiger partial charge in [0.15, 0.2) is 0 Å². The summed E-state index contributed by atoms with van der Waals surface area (Å²) in [5, 5.41) is 3.76. The van der Waals surface area contributed by atoms with Gasteiger partial charge in [0, 0.05) is 32.8 Å². The van der Waals surface area contributed by atoms with Crippen LogP contribution in [0.1, 0.15) is 25.7 Å². The van der Waals surface area contributed by atoms with Gasteiger partial charge >= 0.3 is 0 Å². The van der Waals surface area contributed by atoms with Crippen molar-refractivity contribution in [3.8, 4) is 0 Å². The van der Waals surface area contributed by atoms with E-state index in [0.717, 1.165) is 31.0 Å². The van der Waals surface area contributed by atoms with Gasteiger partial charge in [-0.1, -0.05) is 12.5 Å². The lowest BCUT2D eigenvalue weighted by Gasteiger charge is -2.30. The Balaban J connectivity index is 1.49. The van der Waals surface area contributed by atoms with Gasteiger partial charge in [-0.3, -0.25) is 4.90 Å². The van der Waals surface area contributed by atoms with E-state index in [1.54, 1.807) is 7.11 Å². The highest BCUT2D eigenvalue weighted by atomic mass is 16.5. The number of methoxy groups -OCH3 is 1. The molecule has 2 heterocycles. The van der Waals surface area contributed by atoms with Crippen LogP contribution in [-0.4, -0.2) is 50.8 Å². The molecule has 3 nitrogen and oxygen atoms in total. The van der Waals surface area contributed by atoms with E-state index < -0.39 is 0 Å². The Hall–Kier alpha value is -0.380. The lowest BCUT2D eigenvalue weighted by atomic mass is 9.93. The first-order chi connectivity index (χ1) is 8.86. The topological polar surface area (TPSA) is 24.5 Å². The van der Waals surface area contributed by atoms with Crippen molar-refractivity contribution in [1.29, 1.82) is 0 Å². The molecule has 3 rings (SSSR count). The second-order valence-corrected chi connectivity index (χ2v) is 6.17. The van der Waals surface area contributed by atoms with Gasteiger partial charge in [0.2, 0.25) is 0 Å². The van der Waals surface area contributed by atoms with Crippen LogP contribution in [0.15, 0.2) is 11.6 Å². The molecule has 1 saturated carbocycles. The SMILES string of the molecule is COCC1=CCN(CC2NCC3CCCC32)CC1. The van der Waals surface area contributed by atoms with E-state index in [2.05, 4.69) is 16.3 Å². The van der Waals surface area contributed by atoms with E-state index in [9.17, 15) is 0 Å². The monoisotopic (exact) mass is 250 g/mol. The molecule has 3 aliphatic rings. The van der Waals surface area contributed by atoms with Gasteiger partial charge in [0.05, 0.1) is 6.61 Å². The van der Waals surface area contributed by atoms with Gasteiger partial charge in [-0.05, 0) is 43.2 Å². The molecule has 1 N–H and O–H groups in total. The predicted octanol–water partition coefficient (Wildman–Crippen LogP) is 1.65. The van der Waals surface area contributed by atoms with Crippen LogP contribution < -0.4 is 5.32 Å². The Morgan fingerprint density at radius 1 is 1.44 bits per heavy atom. The van der Waals surface area contributed by atoms with Crippen molar-refractivity contribution >= 4 is 0 Å². The third kappa shape index (κ3) is 2.63. The molecule has 0 radical (unpaired) electrons. The van der Waals surface area contributed by atoms with Crippen LogP contribution in [0, 0.1) is 11.8 Å². The first-order valence-electron chi connectivity index (χ1n) is 7.49. The standard InChI is InChI=1S/C15H26N2O/c1-18-11-12-5-7-17(8-6-12)10-15-14-4-2-3-13(14)9-16-15/h5,13-16H,2-4,6-11H2,1H3. The van der Waals surface area contributed by atoms with E-state index in [0.29, 0.717) is 0 Å². The van der Waals surface area contributed by atoms with Crippen molar-refractivity contribution in [3.63, 3.8) is 0 Å². The number of fused-ring (bicyclic) bond motifs is 1. The molecule has 3 heteroatoms. The number of nitrogens with zero attached hydrogens (tertiary/aromatic N) is 1. The molecule has 1 saturated heterocycles. The molecule has 3 atom stereocenters. The molecular weight excluding hydrogens is 224 g/mol. The largest absolute Gasteiger partial charge is 0.380 e. The first kappa shape index (κ1) is 12.6. The van der Waals surface area contributed by atoms with Crippen molar-refractivity contribution in [2.24, 2.45) is 11.8 Å². The number of ether oxygens (including phenoxy) is 1. The van der Waals surface area contributed by atoms with Crippen LogP contribution in [0.5, 0.6) is 0 Å².